The number of carboxylic acid groups (broad SMARTS) is 1. The molecule has 6 nitrogen and oxygen atoms in total. The van der Waals surface area contributed by atoms with Crippen molar-refractivity contribution in [2.24, 2.45) is 10.5 Å². The molecule has 0 aromatic rings. The Morgan fingerprint density at radius 2 is 2.33 bits per heavy atom. The molecule has 0 aromatic carbocycles. The second-order valence-electron chi connectivity index (χ2n) is 4.37. The van der Waals surface area contributed by atoms with Crippen molar-refractivity contribution in [3.8, 4) is 0 Å². The maximum atomic E-state index is 11.2. The first kappa shape index (κ1) is 11.8. The van der Waals surface area contributed by atoms with Crippen LogP contribution in [0.5, 0.6) is 0 Å². The summed E-state index contributed by atoms with van der Waals surface area (Å²) >= 11 is 0. The average molecular weight is 212 g/mol. The summed E-state index contributed by atoms with van der Waals surface area (Å²) in [5.41, 5.74) is 7.00. The Kier molecular flexibility index (Phi) is 3.21. The molecule has 0 bridgehead atoms. The molecule has 1 atom stereocenters. The Hall–Kier alpha value is -1.26. The van der Waals surface area contributed by atoms with Crippen LogP contribution in [-0.4, -0.2) is 29.7 Å². The number of aliphatic carboxylic acids is 1. The molecule has 6 heteroatoms. The molecule has 84 valence electrons. The first-order valence-corrected chi connectivity index (χ1v) is 4.95. The molecule has 0 aromatic heterocycles. The summed E-state index contributed by atoms with van der Waals surface area (Å²) in [6.45, 7) is 4.32. The Morgan fingerprint density at radius 3 is 2.73 bits per heavy atom. The van der Waals surface area contributed by atoms with E-state index in [1.807, 2.05) is 6.92 Å². The minimum absolute atomic E-state index is 0.171. The fraction of sp³-hybridized carbons (Fsp3) is 0.889. The van der Waals surface area contributed by atoms with Gasteiger partial charge in [0.1, 0.15) is 5.54 Å². The number of rotatable bonds is 6. The van der Waals surface area contributed by atoms with Crippen LogP contribution < -0.4 is 5.32 Å². The van der Waals surface area contributed by atoms with Gasteiger partial charge in [-0.25, -0.2) is 0 Å². The standard InChI is InChI=1S/C9H16N4O2/c1-8(3-4-8)9(2,7(14)15)11-5-6-12-13-10/h11H,3-6H2,1-2H3,(H,14,15). The van der Waals surface area contributed by atoms with Crippen molar-refractivity contribution < 1.29 is 9.90 Å². The van der Waals surface area contributed by atoms with Gasteiger partial charge in [0.05, 0.1) is 0 Å². The van der Waals surface area contributed by atoms with Crippen LogP contribution in [0, 0.1) is 5.41 Å². The number of nitrogens with zero attached hydrogens (tertiary/aromatic N) is 3. The summed E-state index contributed by atoms with van der Waals surface area (Å²) in [5.74, 6) is -0.844. The van der Waals surface area contributed by atoms with E-state index in [0.29, 0.717) is 6.54 Å². The van der Waals surface area contributed by atoms with Crippen molar-refractivity contribution in [3.63, 3.8) is 0 Å². The molecule has 1 aliphatic carbocycles. The monoisotopic (exact) mass is 212 g/mol. The number of carbonyl (C=O) groups is 1. The van der Waals surface area contributed by atoms with E-state index in [2.05, 4.69) is 15.3 Å². The quantitative estimate of drug-likeness (QED) is 0.302. The van der Waals surface area contributed by atoms with Gasteiger partial charge in [-0.15, -0.1) is 0 Å². The number of azide groups is 1. The number of nitrogens with one attached hydrogen (secondary N) is 1. The van der Waals surface area contributed by atoms with Gasteiger partial charge in [-0.3, -0.25) is 4.79 Å². The van der Waals surface area contributed by atoms with Crippen LogP contribution in [0.1, 0.15) is 26.7 Å². The lowest BCUT2D eigenvalue weighted by atomic mass is 9.84. The zero-order chi connectivity index (χ0) is 11.5. The summed E-state index contributed by atoms with van der Waals surface area (Å²) in [6, 6.07) is 0. The molecular weight excluding hydrogens is 196 g/mol. The van der Waals surface area contributed by atoms with Crippen LogP contribution in [0.3, 0.4) is 0 Å². The smallest absolute Gasteiger partial charge is 0.324 e. The van der Waals surface area contributed by atoms with Gasteiger partial charge in [0.2, 0.25) is 0 Å². The van der Waals surface area contributed by atoms with E-state index in [9.17, 15) is 9.90 Å². The van der Waals surface area contributed by atoms with Crippen LogP contribution in [0.15, 0.2) is 5.11 Å². The van der Waals surface area contributed by atoms with Crippen molar-refractivity contribution in [3.05, 3.63) is 10.4 Å². The lowest BCUT2D eigenvalue weighted by Gasteiger charge is -2.32. The van der Waals surface area contributed by atoms with Crippen LogP contribution in [-0.2, 0) is 4.79 Å². The second kappa shape index (κ2) is 4.08. The lowest BCUT2D eigenvalue weighted by Crippen LogP contribution is -2.56. The maximum Gasteiger partial charge on any atom is 0.324 e. The topological polar surface area (TPSA) is 98.1 Å². The average Bonchev–Trinajstić information content (AvgIpc) is 2.92. The van der Waals surface area contributed by atoms with E-state index in [1.54, 1.807) is 6.92 Å². The minimum atomic E-state index is -0.919. The summed E-state index contributed by atoms with van der Waals surface area (Å²) in [5, 5.41) is 15.5. The molecule has 0 spiro atoms. The van der Waals surface area contributed by atoms with Gasteiger partial charge in [-0.05, 0) is 30.7 Å². The predicted octanol–water partition coefficient (Wildman–Crippen LogP) is 1.53. The highest BCUT2D eigenvalue weighted by Crippen LogP contribution is 2.53. The molecule has 0 heterocycles. The SMILES string of the molecule is CC1(C(C)(NCCN=[N+]=[N-])C(=O)O)CC1. The van der Waals surface area contributed by atoms with Gasteiger partial charge in [0.15, 0.2) is 0 Å². The molecule has 0 aliphatic heterocycles. The van der Waals surface area contributed by atoms with Crippen LogP contribution in [0.4, 0.5) is 0 Å². The third kappa shape index (κ3) is 2.22. The van der Waals surface area contributed by atoms with E-state index >= 15 is 0 Å². The fourth-order valence-electron chi connectivity index (χ4n) is 1.64. The minimum Gasteiger partial charge on any atom is -0.480 e. The largest absolute Gasteiger partial charge is 0.480 e. The zero-order valence-corrected chi connectivity index (χ0v) is 9.03. The summed E-state index contributed by atoms with van der Waals surface area (Å²) in [4.78, 5) is 13.8. The van der Waals surface area contributed by atoms with Crippen molar-refractivity contribution in [1.82, 2.24) is 5.32 Å². The van der Waals surface area contributed by atoms with Gasteiger partial charge in [-0.1, -0.05) is 12.0 Å². The second-order valence-corrected chi connectivity index (χ2v) is 4.37. The Balaban J connectivity index is 2.58. The number of hydrogen-bond acceptors (Lipinski definition) is 3. The highest BCUT2D eigenvalue weighted by molar-refractivity contribution is 5.80. The summed E-state index contributed by atoms with van der Waals surface area (Å²) in [7, 11) is 0. The fourth-order valence-corrected chi connectivity index (χ4v) is 1.64. The molecule has 2 N–H and O–H groups in total. The van der Waals surface area contributed by atoms with Crippen molar-refractivity contribution >= 4 is 5.97 Å². The van der Waals surface area contributed by atoms with Gasteiger partial charge < -0.3 is 10.4 Å². The first-order chi connectivity index (χ1) is 6.96. The molecule has 0 amide bonds. The van der Waals surface area contributed by atoms with Crippen LogP contribution in [0.25, 0.3) is 10.4 Å². The number of hydrogen-bond donors (Lipinski definition) is 2. The van der Waals surface area contributed by atoms with Gasteiger partial charge >= 0.3 is 5.97 Å². The Morgan fingerprint density at radius 1 is 1.73 bits per heavy atom. The molecule has 15 heavy (non-hydrogen) atoms. The molecule has 1 aliphatic rings. The molecule has 1 saturated carbocycles. The molecule has 1 unspecified atom stereocenters. The first-order valence-electron chi connectivity index (χ1n) is 4.95. The van der Waals surface area contributed by atoms with Gasteiger partial charge in [0, 0.05) is 18.0 Å². The van der Waals surface area contributed by atoms with E-state index in [-0.39, 0.29) is 12.0 Å². The highest BCUT2D eigenvalue weighted by atomic mass is 16.4. The third-order valence-corrected chi connectivity index (χ3v) is 3.39. The summed E-state index contributed by atoms with van der Waals surface area (Å²) < 4.78 is 0. The number of carboxylic acids is 1. The van der Waals surface area contributed by atoms with E-state index in [4.69, 9.17) is 5.53 Å². The Labute approximate surface area is 88.3 Å². The zero-order valence-electron chi connectivity index (χ0n) is 9.03. The van der Waals surface area contributed by atoms with Gasteiger partial charge in [0.25, 0.3) is 0 Å². The van der Waals surface area contributed by atoms with E-state index in [1.165, 1.54) is 0 Å². The van der Waals surface area contributed by atoms with Crippen LogP contribution in [0.2, 0.25) is 0 Å². The normalized spacial score (nSPS) is 21.2. The van der Waals surface area contributed by atoms with Crippen LogP contribution >= 0.6 is 0 Å². The van der Waals surface area contributed by atoms with E-state index < -0.39 is 11.5 Å². The molecule has 0 saturated heterocycles. The summed E-state index contributed by atoms with van der Waals surface area (Å²) in [6.07, 6.45) is 1.84. The van der Waals surface area contributed by atoms with Crippen molar-refractivity contribution in [1.29, 1.82) is 0 Å². The maximum absolute atomic E-state index is 11.2. The van der Waals surface area contributed by atoms with Gasteiger partial charge in [-0.2, -0.15) is 0 Å². The Bertz CT molecular complexity index is 307. The third-order valence-electron chi connectivity index (χ3n) is 3.39. The van der Waals surface area contributed by atoms with Crippen molar-refractivity contribution in [2.45, 2.75) is 32.2 Å². The molecular formula is C9H16N4O2. The lowest BCUT2D eigenvalue weighted by molar-refractivity contribution is -0.147. The van der Waals surface area contributed by atoms with Crippen molar-refractivity contribution in [2.75, 3.05) is 13.1 Å². The highest BCUT2D eigenvalue weighted by Gasteiger charge is 2.57. The molecule has 0 radical (unpaired) electrons. The van der Waals surface area contributed by atoms with E-state index in [0.717, 1.165) is 12.8 Å². The molecule has 1 fully saturated rings. The molecule has 1 rings (SSSR count). The predicted molar refractivity (Wildman–Crippen MR) is 55.4 cm³/mol.